The highest BCUT2D eigenvalue weighted by Crippen LogP contribution is 2.18. The van der Waals surface area contributed by atoms with Crippen molar-refractivity contribution in [3.8, 4) is 5.75 Å². The average molecular weight is 362 g/mol. The number of carbonyl (C=O) groups is 2. The summed E-state index contributed by atoms with van der Waals surface area (Å²) in [5.74, 6) is 0.698. The van der Waals surface area contributed by atoms with E-state index in [-0.39, 0.29) is 23.9 Å². The fourth-order valence-corrected chi connectivity index (χ4v) is 3.00. The van der Waals surface area contributed by atoms with Crippen LogP contribution in [0, 0.1) is 5.92 Å². The SMILES string of the molecule is CCOC(=O)C1CCN(CC(=O)NCc2ccc(OC(C)C)cc2)CC1. The zero-order chi connectivity index (χ0) is 18.9. The molecular weight excluding hydrogens is 332 g/mol. The van der Waals surface area contributed by atoms with Gasteiger partial charge in [-0.2, -0.15) is 0 Å². The van der Waals surface area contributed by atoms with Crippen LogP contribution in [0.15, 0.2) is 24.3 Å². The van der Waals surface area contributed by atoms with Gasteiger partial charge in [-0.05, 0) is 64.4 Å². The average Bonchev–Trinajstić information content (AvgIpc) is 2.61. The molecule has 1 aromatic rings. The summed E-state index contributed by atoms with van der Waals surface area (Å²) in [5, 5.41) is 2.95. The minimum atomic E-state index is -0.110. The number of hydrogen-bond donors (Lipinski definition) is 1. The van der Waals surface area contributed by atoms with E-state index < -0.39 is 0 Å². The molecule has 0 aromatic heterocycles. The number of benzene rings is 1. The van der Waals surface area contributed by atoms with Gasteiger partial charge in [-0.1, -0.05) is 12.1 Å². The molecule has 1 N–H and O–H groups in total. The lowest BCUT2D eigenvalue weighted by molar-refractivity contribution is -0.149. The second-order valence-electron chi connectivity index (χ2n) is 6.89. The van der Waals surface area contributed by atoms with Gasteiger partial charge in [0.25, 0.3) is 0 Å². The lowest BCUT2D eigenvalue weighted by Crippen LogP contribution is -2.42. The van der Waals surface area contributed by atoms with E-state index in [1.165, 1.54) is 0 Å². The summed E-state index contributed by atoms with van der Waals surface area (Å²) in [6.45, 7) is 8.59. The van der Waals surface area contributed by atoms with Crippen molar-refractivity contribution in [2.24, 2.45) is 5.92 Å². The molecule has 0 spiro atoms. The van der Waals surface area contributed by atoms with E-state index in [9.17, 15) is 9.59 Å². The second-order valence-corrected chi connectivity index (χ2v) is 6.89. The molecule has 2 rings (SSSR count). The van der Waals surface area contributed by atoms with Crippen molar-refractivity contribution in [1.29, 1.82) is 0 Å². The van der Waals surface area contributed by atoms with Gasteiger partial charge in [0.1, 0.15) is 5.75 Å². The van der Waals surface area contributed by atoms with Crippen molar-refractivity contribution in [1.82, 2.24) is 10.2 Å². The largest absolute Gasteiger partial charge is 0.491 e. The molecule has 1 heterocycles. The first-order chi connectivity index (χ1) is 12.5. The minimum absolute atomic E-state index is 0.00194. The first-order valence-corrected chi connectivity index (χ1v) is 9.39. The summed E-state index contributed by atoms with van der Waals surface area (Å²) in [4.78, 5) is 26.0. The van der Waals surface area contributed by atoms with Crippen LogP contribution in [0.2, 0.25) is 0 Å². The quantitative estimate of drug-likeness (QED) is 0.719. The number of esters is 1. The fourth-order valence-electron chi connectivity index (χ4n) is 3.00. The Hall–Kier alpha value is -2.08. The number of nitrogens with one attached hydrogen (secondary N) is 1. The standard InChI is InChI=1S/C20H30N2O4/c1-4-25-20(24)17-9-11-22(12-10-17)14-19(23)21-13-16-5-7-18(8-6-16)26-15(2)3/h5-8,15,17H,4,9-14H2,1-3H3,(H,21,23). The highest BCUT2D eigenvalue weighted by atomic mass is 16.5. The normalized spacial score (nSPS) is 15.7. The number of amides is 1. The summed E-state index contributed by atoms with van der Waals surface area (Å²) in [7, 11) is 0. The number of nitrogens with zero attached hydrogens (tertiary/aromatic N) is 1. The Kier molecular flexibility index (Phi) is 7.91. The van der Waals surface area contributed by atoms with E-state index in [0.29, 0.717) is 19.7 Å². The van der Waals surface area contributed by atoms with Gasteiger partial charge >= 0.3 is 5.97 Å². The topological polar surface area (TPSA) is 67.9 Å². The van der Waals surface area contributed by atoms with Crippen LogP contribution < -0.4 is 10.1 Å². The van der Waals surface area contributed by atoms with Crippen LogP contribution in [0.5, 0.6) is 5.75 Å². The number of hydrogen-bond acceptors (Lipinski definition) is 5. The number of ether oxygens (including phenoxy) is 2. The zero-order valence-electron chi connectivity index (χ0n) is 16.0. The van der Waals surface area contributed by atoms with Gasteiger partial charge in [-0.15, -0.1) is 0 Å². The Morgan fingerprint density at radius 3 is 2.42 bits per heavy atom. The summed E-state index contributed by atoms with van der Waals surface area (Å²) >= 11 is 0. The highest BCUT2D eigenvalue weighted by molar-refractivity contribution is 5.78. The van der Waals surface area contributed by atoms with Crippen LogP contribution in [0.1, 0.15) is 39.2 Å². The first kappa shape index (κ1) is 20.2. The van der Waals surface area contributed by atoms with Crippen molar-refractivity contribution >= 4 is 11.9 Å². The van der Waals surface area contributed by atoms with E-state index in [4.69, 9.17) is 9.47 Å². The van der Waals surface area contributed by atoms with Gasteiger partial charge in [0, 0.05) is 6.54 Å². The lowest BCUT2D eigenvalue weighted by atomic mass is 9.97. The predicted octanol–water partition coefficient (Wildman–Crippen LogP) is 2.37. The van der Waals surface area contributed by atoms with Crippen LogP contribution in [0.3, 0.4) is 0 Å². The van der Waals surface area contributed by atoms with Gasteiger partial charge in [0.05, 0.1) is 25.2 Å². The molecule has 1 saturated heterocycles. The Morgan fingerprint density at radius 1 is 1.19 bits per heavy atom. The van der Waals surface area contributed by atoms with E-state index in [1.54, 1.807) is 0 Å². The summed E-state index contributed by atoms with van der Waals surface area (Å²) in [6, 6.07) is 7.76. The molecule has 6 nitrogen and oxygen atoms in total. The molecule has 1 amide bonds. The van der Waals surface area contributed by atoms with E-state index in [0.717, 1.165) is 37.2 Å². The Labute approximate surface area is 155 Å². The fraction of sp³-hybridized carbons (Fsp3) is 0.600. The number of piperidine rings is 1. The second kappa shape index (κ2) is 10.2. The molecule has 0 radical (unpaired) electrons. The summed E-state index contributed by atoms with van der Waals surface area (Å²) in [6.07, 6.45) is 1.65. The highest BCUT2D eigenvalue weighted by Gasteiger charge is 2.26. The van der Waals surface area contributed by atoms with Gasteiger partial charge in [-0.3, -0.25) is 14.5 Å². The molecule has 6 heteroatoms. The number of likely N-dealkylation sites (tertiary alicyclic amines) is 1. The monoisotopic (exact) mass is 362 g/mol. The molecule has 1 aromatic carbocycles. The van der Waals surface area contributed by atoms with Gasteiger partial charge in [-0.25, -0.2) is 0 Å². The molecule has 144 valence electrons. The minimum Gasteiger partial charge on any atom is -0.491 e. The molecule has 1 aliphatic rings. The smallest absolute Gasteiger partial charge is 0.309 e. The lowest BCUT2D eigenvalue weighted by Gasteiger charge is -2.30. The molecule has 26 heavy (non-hydrogen) atoms. The van der Waals surface area contributed by atoms with Crippen LogP contribution in [0.4, 0.5) is 0 Å². The Bertz CT molecular complexity index is 578. The van der Waals surface area contributed by atoms with Crippen molar-refractivity contribution in [3.05, 3.63) is 29.8 Å². The van der Waals surface area contributed by atoms with E-state index in [2.05, 4.69) is 10.2 Å². The molecule has 1 fully saturated rings. The predicted molar refractivity (Wildman–Crippen MR) is 99.8 cm³/mol. The van der Waals surface area contributed by atoms with Crippen molar-refractivity contribution < 1.29 is 19.1 Å². The zero-order valence-corrected chi connectivity index (χ0v) is 16.0. The third-order valence-corrected chi connectivity index (χ3v) is 4.36. The molecule has 0 unspecified atom stereocenters. The molecule has 0 saturated carbocycles. The number of rotatable bonds is 8. The maximum Gasteiger partial charge on any atom is 0.309 e. The van der Waals surface area contributed by atoms with Crippen LogP contribution in [-0.2, 0) is 20.9 Å². The molecule has 0 aliphatic carbocycles. The molecular formula is C20H30N2O4. The number of carbonyl (C=O) groups excluding carboxylic acids is 2. The Morgan fingerprint density at radius 2 is 1.85 bits per heavy atom. The van der Waals surface area contributed by atoms with Gasteiger partial charge < -0.3 is 14.8 Å². The first-order valence-electron chi connectivity index (χ1n) is 9.39. The van der Waals surface area contributed by atoms with Crippen molar-refractivity contribution in [2.75, 3.05) is 26.2 Å². The third kappa shape index (κ3) is 6.67. The van der Waals surface area contributed by atoms with Gasteiger partial charge in [0.15, 0.2) is 0 Å². The van der Waals surface area contributed by atoms with Crippen molar-refractivity contribution in [2.45, 2.75) is 46.3 Å². The van der Waals surface area contributed by atoms with Crippen LogP contribution in [0.25, 0.3) is 0 Å². The molecule has 0 bridgehead atoms. The van der Waals surface area contributed by atoms with Crippen LogP contribution in [-0.4, -0.2) is 49.1 Å². The maximum absolute atomic E-state index is 12.1. The Balaban J connectivity index is 1.68. The maximum atomic E-state index is 12.1. The van der Waals surface area contributed by atoms with Crippen molar-refractivity contribution in [3.63, 3.8) is 0 Å². The molecule has 0 atom stereocenters. The summed E-state index contributed by atoms with van der Waals surface area (Å²) in [5.41, 5.74) is 1.04. The van der Waals surface area contributed by atoms with Crippen LogP contribution >= 0.6 is 0 Å². The third-order valence-electron chi connectivity index (χ3n) is 4.36. The molecule has 1 aliphatic heterocycles. The summed E-state index contributed by atoms with van der Waals surface area (Å²) < 4.78 is 10.7. The van der Waals surface area contributed by atoms with E-state index in [1.807, 2.05) is 45.0 Å². The van der Waals surface area contributed by atoms with Gasteiger partial charge in [0.2, 0.25) is 5.91 Å². The van der Waals surface area contributed by atoms with E-state index >= 15 is 0 Å².